The lowest BCUT2D eigenvalue weighted by Crippen LogP contribution is -2.21. The minimum Gasteiger partial charge on any atom is -0.477 e. The van der Waals surface area contributed by atoms with Crippen LogP contribution in [0.1, 0.15) is 28.4 Å². The number of carboxylic acid groups (broad SMARTS) is 1. The van der Waals surface area contributed by atoms with Crippen molar-refractivity contribution in [3.8, 4) is 0 Å². The number of fused-ring (bicyclic) bond motifs is 1. The monoisotopic (exact) mass is 315 g/mol. The minimum absolute atomic E-state index is 0.0193. The summed E-state index contributed by atoms with van der Waals surface area (Å²) in [5.74, 6) is -6.59. The van der Waals surface area contributed by atoms with Crippen molar-refractivity contribution in [2.75, 3.05) is 0 Å². The smallest absolute Gasteiger partial charge is 0.341 e. The van der Waals surface area contributed by atoms with E-state index in [0.29, 0.717) is 0 Å². The lowest BCUT2D eigenvalue weighted by molar-refractivity contribution is 0.0694. The number of benzene rings is 1. The Labute approximate surface area is 120 Å². The SMILES string of the molecule is Cc1c(F)c(F)c(F)c2c1c(=O)c(C(=O)O)cn2[C@@H]1C[C@@H]1F. The molecule has 0 spiro atoms. The van der Waals surface area contributed by atoms with Crippen molar-refractivity contribution in [2.45, 2.75) is 25.6 Å². The van der Waals surface area contributed by atoms with Crippen molar-refractivity contribution in [1.82, 2.24) is 4.57 Å². The summed E-state index contributed by atoms with van der Waals surface area (Å²) in [4.78, 5) is 23.3. The van der Waals surface area contributed by atoms with Crippen molar-refractivity contribution in [2.24, 2.45) is 0 Å². The molecular weight excluding hydrogens is 306 g/mol. The van der Waals surface area contributed by atoms with Crippen molar-refractivity contribution >= 4 is 16.9 Å². The third-order valence-electron chi connectivity index (χ3n) is 3.80. The van der Waals surface area contributed by atoms with Gasteiger partial charge in [0.05, 0.1) is 16.9 Å². The highest BCUT2D eigenvalue weighted by molar-refractivity contribution is 5.94. The number of carboxylic acids is 1. The number of rotatable bonds is 2. The molecule has 1 fully saturated rings. The number of hydrogen-bond donors (Lipinski definition) is 1. The number of pyridine rings is 1. The standard InChI is InChI=1S/C14H9F4NO3/c1-4-8-12(11(18)10(17)9(4)16)19(7-2-6(7)15)3-5(13(8)20)14(21)22/h3,6-7H,2H2,1H3,(H,21,22)/t6-,7+/m0/s1. The highest BCUT2D eigenvalue weighted by atomic mass is 19.2. The molecule has 0 radical (unpaired) electrons. The van der Waals surface area contributed by atoms with Gasteiger partial charge in [-0.05, 0) is 6.92 Å². The van der Waals surface area contributed by atoms with Crippen LogP contribution >= 0.6 is 0 Å². The number of carbonyl (C=O) groups is 1. The number of aryl methyl sites for hydroxylation is 1. The molecule has 0 bridgehead atoms. The first-order chi connectivity index (χ1) is 10.3. The van der Waals surface area contributed by atoms with E-state index < -0.39 is 63.1 Å². The largest absolute Gasteiger partial charge is 0.477 e. The summed E-state index contributed by atoms with van der Waals surface area (Å²) < 4.78 is 55.5. The fourth-order valence-electron chi connectivity index (χ4n) is 2.53. The summed E-state index contributed by atoms with van der Waals surface area (Å²) in [6.45, 7) is 1.04. The molecule has 8 heteroatoms. The fourth-order valence-corrected chi connectivity index (χ4v) is 2.53. The van der Waals surface area contributed by atoms with Gasteiger partial charge in [0.2, 0.25) is 5.43 Å². The van der Waals surface area contributed by atoms with E-state index in [4.69, 9.17) is 5.11 Å². The molecular formula is C14H9F4NO3. The number of alkyl halides is 1. The quantitative estimate of drug-likeness (QED) is 0.685. The lowest BCUT2D eigenvalue weighted by Gasteiger charge is -2.14. The molecule has 1 saturated carbocycles. The van der Waals surface area contributed by atoms with E-state index in [0.717, 1.165) is 17.7 Å². The van der Waals surface area contributed by atoms with Crippen LogP contribution in [0.5, 0.6) is 0 Å². The number of aromatic carboxylic acids is 1. The topological polar surface area (TPSA) is 59.3 Å². The third-order valence-corrected chi connectivity index (χ3v) is 3.80. The number of hydrogen-bond acceptors (Lipinski definition) is 2. The van der Waals surface area contributed by atoms with Gasteiger partial charge in [0.25, 0.3) is 0 Å². The molecule has 1 N–H and O–H groups in total. The van der Waals surface area contributed by atoms with Crippen molar-refractivity contribution in [3.63, 3.8) is 0 Å². The summed E-state index contributed by atoms with van der Waals surface area (Å²) in [6, 6.07) is -0.903. The second-order valence-corrected chi connectivity index (χ2v) is 5.19. The molecule has 0 saturated heterocycles. The first-order valence-corrected chi connectivity index (χ1v) is 6.35. The van der Waals surface area contributed by atoms with Crippen LogP contribution in [0.15, 0.2) is 11.0 Å². The molecule has 0 amide bonds. The number of nitrogens with zero attached hydrogens (tertiary/aromatic N) is 1. The van der Waals surface area contributed by atoms with E-state index in [1.54, 1.807) is 0 Å². The summed E-state index contributed by atoms with van der Waals surface area (Å²) >= 11 is 0. The average molecular weight is 315 g/mol. The Hall–Kier alpha value is -2.38. The Morgan fingerprint density at radius 2 is 1.86 bits per heavy atom. The Bertz CT molecular complexity index is 890. The van der Waals surface area contributed by atoms with Crippen molar-refractivity contribution in [1.29, 1.82) is 0 Å². The van der Waals surface area contributed by atoms with Crippen LogP contribution in [0.2, 0.25) is 0 Å². The zero-order chi connectivity index (χ0) is 16.3. The molecule has 2 atom stereocenters. The molecule has 4 nitrogen and oxygen atoms in total. The van der Waals surface area contributed by atoms with Crippen LogP contribution in [0.4, 0.5) is 17.6 Å². The Balaban J connectivity index is 2.56. The summed E-state index contributed by atoms with van der Waals surface area (Å²) in [6.07, 6.45) is -0.605. The lowest BCUT2D eigenvalue weighted by atomic mass is 10.0. The predicted octanol–water partition coefficient (Wildman–Crippen LogP) is 2.71. The maximum absolute atomic E-state index is 14.1. The summed E-state index contributed by atoms with van der Waals surface area (Å²) in [7, 11) is 0. The second-order valence-electron chi connectivity index (χ2n) is 5.19. The second kappa shape index (κ2) is 4.56. The van der Waals surface area contributed by atoms with Gasteiger partial charge in [-0.15, -0.1) is 0 Å². The minimum atomic E-state index is -1.78. The van der Waals surface area contributed by atoms with Crippen LogP contribution in [-0.4, -0.2) is 21.8 Å². The van der Waals surface area contributed by atoms with E-state index in [1.807, 2.05) is 0 Å². The van der Waals surface area contributed by atoms with Gasteiger partial charge in [-0.2, -0.15) is 0 Å². The van der Waals surface area contributed by atoms with E-state index in [-0.39, 0.29) is 6.42 Å². The highest BCUT2D eigenvalue weighted by Gasteiger charge is 2.41. The van der Waals surface area contributed by atoms with Gasteiger partial charge < -0.3 is 9.67 Å². The Morgan fingerprint density at radius 3 is 2.36 bits per heavy atom. The number of aromatic nitrogens is 1. The van der Waals surface area contributed by atoms with Crippen LogP contribution in [0, 0.1) is 24.4 Å². The molecule has 3 rings (SSSR count). The highest BCUT2D eigenvalue weighted by Crippen LogP contribution is 2.41. The van der Waals surface area contributed by atoms with Gasteiger partial charge in [0, 0.05) is 18.2 Å². The molecule has 0 unspecified atom stereocenters. The van der Waals surface area contributed by atoms with Crippen LogP contribution in [-0.2, 0) is 0 Å². The Morgan fingerprint density at radius 1 is 1.27 bits per heavy atom. The fraction of sp³-hybridized carbons (Fsp3) is 0.286. The first kappa shape index (κ1) is 14.6. The van der Waals surface area contributed by atoms with Crippen LogP contribution < -0.4 is 5.43 Å². The van der Waals surface area contributed by atoms with Gasteiger partial charge in [-0.3, -0.25) is 4.79 Å². The van der Waals surface area contributed by atoms with Crippen molar-refractivity contribution in [3.05, 3.63) is 45.0 Å². The molecule has 1 aliphatic carbocycles. The summed E-state index contributed by atoms with van der Waals surface area (Å²) in [5, 5.41) is 8.45. The van der Waals surface area contributed by atoms with E-state index in [9.17, 15) is 27.2 Å². The number of halogens is 4. The zero-order valence-electron chi connectivity index (χ0n) is 11.2. The first-order valence-electron chi connectivity index (χ1n) is 6.35. The molecule has 22 heavy (non-hydrogen) atoms. The molecule has 1 aliphatic rings. The molecule has 2 aromatic rings. The van der Waals surface area contributed by atoms with Gasteiger partial charge in [-0.1, -0.05) is 0 Å². The van der Waals surface area contributed by atoms with Crippen LogP contribution in [0.25, 0.3) is 10.9 Å². The van der Waals surface area contributed by atoms with Gasteiger partial charge in [-0.25, -0.2) is 22.4 Å². The average Bonchev–Trinajstić information content (AvgIpc) is 3.18. The molecule has 116 valence electrons. The summed E-state index contributed by atoms with van der Waals surface area (Å²) in [5.41, 5.74) is -3.01. The zero-order valence-corrected chi connectivity index (χ0v) is 11.2. The van der Waals surface area contributed by atoms with E-state index in [2.05, 4.69) is 0 Å². The third kappa shape index (κ3) is 1.83. The maximum Gasteiger partial charge on any atom is 0.341 e. The molecule has 0 aliphatic heterocycles. The molecule has 1 aromatic carbocycles. The van der Waals surface area contributed by atoms with E-state index in [1.165, 1.54) is 0 Å². The maximum atomic E-state index is 14.1. The van der Waals surface area contributed by atoms with Crippen molar-refractivity contribution < 1.29 is 27.5 Å². The normalized spacial score (nSPS) is 20.4. The molecule has 1 heterocycles. The molecule has 1 aromatic heterocycles. The van der Waals surface area contributed by atoms with Crippen LogP contribution in [0.3, 0.4) is 0 Å². The predicted molar refractivity (Wildman–Crippen MR) is 68.3 cm³/mol. The van der Waals surface area contributed by atoms with Gasteiger partial charge in [0.1, 0.15) is 11.7 Å². The van der Waals surface area contributed by atoms with Gasteiger partial charge in [0.15, 0.2) is 17.5 Å². The Kier molecular flexibility index (Phi) is 3.01. The van der Waals surface area contributed by atoms with E-state index >= 15 is 0 Å². The van der Waals surface area contributed by atoms with Gasteiger partial charge >= 0.3 is 5.97 Å².